The van der Waals surface area contributed by atoms with Gasteiger partial charge in [0.2, 0.25) is 5.91 Å². The molecule has 6 heteroatoms. The summed E-state index contributed by atoms with van der Waals surface area (Å²) in [5.41, 5.74) is 0.648. The molecular formula is C17H23Cl3N2O. The van der Waals surface area contributed by atoms with Gasteiger partial charge in [-0.1, -0.05) is 35.7 Å². The predicted octanol–water partition coefficient (Wildman–Crippen LogP) is 4.05. The maximum Gasteiger partial charge on any atom is 0.233 e. The van der Waals surface area contributed by atoms with Crippen molar-refractivity contribution < 1.29 is 4.79 Å². The maximum atomic E-state index is 13.1. The quantitative estimate of drug-likeness (QED) is 0.862. The lowest BCUT2D eigenvalue weighted by atomic mass is 9.63. The summed E-state index contributed by atoms with van der Waals surface area (Å²) in [5.74, 6) is 0.270. The third-order valence-corrected chi connectivity index (χ3v) is 6.02. The highest BCUT2D eigenvalue weighted by atomic mass is 35.5. The molecule has 23 heavy (non-hydrogen) atoms. The van der Waals surface area contributed by atoms with Crippen LogP contribution in [0, 0.1) is 0 Å². The zero-order chi connectivity index (χ0) is 15.7. The van der Waals surface area contributed by atoms with E-state index in [4.69, 9.17) is 23.2 Å². The van der Waals surface area contributed by atoms with Crippen LogP contribution in [0.2, 0.25) is 10.0 Å². The van der Waals surface area contributed by atoms with Gasteiger partial charge >= 0.3 is 0 Å². The van der Waals surface area contributed by atoms with E-state index in [1.807, 2.05) is 24.1 Å². The molecule has 1 aliphatic carbocycles. The highest BCUT2D eigenvalue weighted by molar-refractivity contribution is 6.42. The second kappa shape index (κ2) is 7.60. The van der Waals surface area contributed by atoms with Crippen molar-refractivity contribution in [2.45, 2.75) is 43.6 Å². The van der Waals surface area contributed by atoms with Crippen molar-refractivity contribution in [3.63, 3.8) is 0 Å². The summed E-state index contributed by atoms with van der Waals surface area (Å²) in [6, 6.07) is 6.18. The Kier molecular flexibility index (Phi) is 6.23. The second-order valence-electron chi connectivity index (χ2n) is 6.42. The smallest absolute Gasteiger partial charge is 0.233 e. The van der Waals surface area contributed by atoms with Crippen LogP contribution in [0.1, 0.15) is 37.7 Å². The summed E-state index contributed by atoms with van der Waals surface area (Å²) in [5, 5.41) is 4.38. The molecule has 2 aliphatic rings. The molecule has 0 atom stereocenters. The fourth-order valence-corrected chi connectivity index (χ4v) is 3.92. The van der Waals surface area contributed by atoms with Crippen LogP contribution in [0.15, 0.2) is 18.2 Å². The largest absolute Gasteiger partial charge is 0.342 e. The highest BCUT2D eigenvalue weighted by Gasteiger charge is 2.48. The van der Waals surface area contributed by atoms with Gasteiger partial charge in [-0.2, -0.15) is 0 Å². The first-order valence-electron chi connectivity index (χ1n) is 7.99. The third kappa shape index (κ3) is 3.48. The Balaban J connectivity index is 0.00000192. The van der Waals surface area contributed by atoms with Gasteiger partial charge in [-0.05, 0) is 50.4 Å². The number of rotatable bonds is 3. The van der Waals surface area contributed by atoms with Crippen molar-refractivity contribution in [1.29, 1.82) is 0 Å². The summed E-state index contributed by atoms with van der Waals surface area (Å²) in [6.07, 6.45) is 4.98. The molecule has 0 spiro atoms. The molecule has 0 aromatic heterocycles. The highest BCUT2D eigenvalue weighted by Crippen LogP contribution is 2.46. The van der Waals surface area contributed by atoms with Gasteiger partial charge in [-0.3, -0.25) is 4.79 Å². The van der Waals surface area contributed by atoms with Crippen LogP contribution < -0.4 is 5.32 Å². The molecule has 0 radical (unpaired) electrons. The minimum atomic E-state index is -0.374. The Hall–Kier alpha value is -0.480. The van der Waals surface area contributed by atoms with Crippen LogP contribution in [-0.2, 0) is 10.2 Å². The van der Waals surface area contributed by atoms with Crippen molar-refractivity contribution in [2.75, 3.05) is 20.1 Å². The van der Waals surface area contributed by atoms with Crippen molar-refractivity contribution in [3.05, 3.63) is 33.8 Å². The van der Waals surface area contributed by atoms with Crippen LogP contribution in [0.25, 0.3) is 0 Å². The number of likely N-dealkylation sites (tertiary alicyclic amines) is 1. The molecule has 0 bridgehead atoms. The molecule has 1 saturated carbocycles. The van der Waals surface area contributed by atoms with Gasteiger partial charge in [0, 0.05) is 19.1 Å². The van der Waals surface area contributed by atoms with Crippen molar-refractivity contribution in [3.8, 4) is 0 Å². The van der Waals surface area contributed by atoms with Gasteiger partial charge in [-0.15, -0.1) is 12.4 Å². The van der Waals surface area contributed by atoms with E-state index in [2.05, 4.69) is 5.32 Å². The Morgan fingerprint density at radius 2 is 1.87 bits per heavy atom. The van der Waals surface area contributed by atoms with Gasteiger partial charge in [0.15, 0.2) is 0 Å². The lowest BCUT2D eigenvalue weighted by Gasteiger charge is -2.45. The molecule has 3 nitrogen and oxygen atoms in total. The van der Waals surface area contributed by atoms with Crippen molar-refractivity contribution in [1.82, 2.24) is 10.2 Å². The van der Waals surface area contributed by atoms with Crippen LogP contribution in [0.5, 0.6) is 0 Å². The maximum absolute atomic E-state index is 13.1. The molecule has 0 unspecified atom stereocenters. The standard InChI is InChI=1S/C17H22Cl2N2O.ClH/c1-20-13-5-9-21(10-6-13)16(22)17(7-2-8-17)12-3-4-14(18)15(19)11-12;/h3-4,11,13,20H,2,5-10H2,1H3;1H. The molecule has 1 aromatic rings. The van der Waals surface area contributed by atoms with E-state index in [0.29, 0.717) is 16.1 Å². The molecule has 1 heterocycles. The molecule has 1 aromatic carbocycles. The normalized spacial score (nSPS) is 20.6. The summed E-state index contributed by atoms with van der Waals surface area (Å²) in [7, 11) is 1.99. The number of carbonyl (C=O) groups is 1. The Morgan fingerprint density at radius 3 is 2.35 bits per heavy atom. The average Bonchev–Trinajstić information content (AvgIpc) is 2.49. The zero-order valence-electron chi connectivity index (χ0n) is 13.3. The number of nitrogens with zero attached hydrogens (tertiary/aromatic N) is 1. The van der Waals surface area contributed by atoms with E-state index in [1.165, 1.54) is 0 Å². The van der Waals surface area contributed by atoms with Crippen LogP contribution in [0.3, 0.4) is 0 Å². The van der Waals surface area contributed by atoms with E-state index in [0.717, 1.165) is 50.8 Å². The lowest BCUT2D eigenvalue weighted by molar-refractivity contribution is -0.142. The van der Waals surface area contributed by atoms with Crippen molar-refractivity contribution >= 4 is 41.5 Å². The minimum absolute atomic E-state index is 0. The first kappa shape index (κ1) is 18.9. The average molecular weight is 378 g/mol. The number of nitrogens with one attached hydrogen (secondary N) is 1. The summed E-state index contributed by atoms with van der Waals surface area (Å²) < 4.78 is 0. The van der Waals surface area contributed by atoms with Gasteiger partial charge in [-0.25, -0.2) is 0 Å². The Bertz CT molecular complexity index is 567. The van der Waals surface area contributed by atoms with Crippen LogP contribution >= 0.6 is 35.6 Å². The fraction of sp³-hybridized carbons (Fsp3) is 0.588. The van der Waals surface area contributed by atoms with E-state index in [-0.39, 0.29) is 23.7 Å². The molecule has 1 aliphatic heterocycles. The van der Waals surface area contributed by atoms with E-state index < -0.39 is 0 Å². The second-order valence-corrected chi connectivity index (χ2v) is 7.23. The minimum Gasteiger partial charge on any atom is -0.342 e. The number of benzene rings is 1. The SMILES string of the molecule is CNC1CCN(C(=O)C2(c3ccc(Cl)c(Cl)c3)CCC2)CC1.Cl. The molecule has 128 valence electrons. The monoisotopic (exact) mass is 376 g/mol. The number of halogens is 3. The molecular weight excluding hydrogens is 355 g/mol. The fourth-order valence-electron chi connectivity index (χ4n) is 3.62. The Labute approximate surface area is 154 Å². The molecule has 1 amide bonds. The number of piperidine rings is 1. The molecule has 1 saturated heterocycles. The van der Waals surface area contributed by atoms with Crippen LogP contribution in [0.4, 0.5) is 0 Å². The van der Waals surface area contributed by atoms with Crippen molar-refractivity contribution in [2.24, 2.45) is 0 Å². The summed E-state index contributed by atoms with van der Waals surface area (Å²) in [4.78, 5) is 15.2. The lowest BCUT2D eigenvalue weighted by Crippen LogP contribution is -2.54. The number of amides is 1. The van der Waals surface area contributed by atoms with E-state index in [1.54, 1.807) is 6.07 Å². The zero-order valence-corrected chi connectivity index (χ0v) is 15.6. The number of carbonyl (C=O) groups excluding carboxylic acids is 1. The molecule has 1 N–H and O–H groups in total. The first-order valence-corrected chi connectivity index (χ1v) is 8.74. The van der Waals surface area contributed by atoms with Gasteiger partial charge in [0.05, 0.1) is 15.5 Å². The molecule has 2 fully saturated rings. The van der Waals surface area contributed by atoms with E-state index in [9.17, 15) is 4.79 Å². The number of hydrogen-bond acceptors (Lipinski definition) is 2. The van der Waals surface area contributed by atoms with Gasteiger partial charge in [0.1, 0.15) is 0 Å². The van der Waals surface area contributed by atoms with Gasteiger partial charge < -0.3 is 10.2 Å². The topological polar surface area (TPSA) is 32.3 Å². The summed E-state index contributed by atoms with van der Waals surface area (Å²) >= 11 is 12.2. The van der Waals surface area contributed by atoms with E-state index >= 15 is 0 Å². The predicted molar refractivity (Wildman–Crippen MR) is 97.9 cm³/mol. The van der Waals surface area contributed by atoms with Gasteiger partial charge in [0.25, 0.3) is 0 Å². The number of hydrogen-bond donors (Lipinski definition) is 1. The van der Waals surface area contributed by atoms with Crippen LogP contribution in [-0.4, -0.2) is 37.0 Å². The summed E-state index contributed by atoms with van der Waals surface area (Å²) in [6.45, 7) is 1.68. The Morgan fingerprint density at radius 1 is 1.22 bits per heavy atom. The first-order chi connectivity index (χ1) is 10.6. The molecule has 3 rings (SSSR count). The third-order valence-electron chi connectivity index (χ3n) is 5.28.